The summed E-state index contributed by atoms with van der Waals surface area (Å²) in [7, 11) is 1.64. The minimum atomic E-state index is -0.858. The number of fused-ring (bicyclic) bond motifs is 1. The average Bonchev–Trinajstić information content (AvgIpc) is 2.55. The molecule has 5 heteroatoms. The van der Waals surface area contributed by atoms with Gasteiger partial charge >= 0.3 is 5.97 Å². The van der Waals surface area contributed by atoms with Crippen molar-refractivity contribution < 1.29 is 19.4 Å². The fraction of sp³-hybridized carbons (Fsp3) is 0.368. The maximum absolute atomic E-state index is 12.1. The Morgan fingerprint density at radius 3 is 2.50 bits per heavy atom. The van der Waals surface area contributed by atoms with Gasteiger partial charge in [-0.2, -0.15) is 0 Å². The van der Waals surface area contributed by atoms with Crippen LogP contribution in [0.5, 0.6) is 5.75 Å². The van der Waals surface area contributed by atoms with Crippen LogP contribution in [-0.2, 0) is 16.1 Å². The van der Waals surface area contributed by atoms with Gasteiger partial charge in [-0.1, -0.05) is 24.6 Å². The van der Waals surface area contributed by atoms with E-state index in [1.807, 2.05) is 36.4 Å². The van der Waals surface area contributed by atoms with Crippen molar-refractivity contribution in [1.29, 1.82) is 0 Å². The van der Waals surface area contributed by atoms with E-state index in [0.29, 0.717) is 19.4 Å². The SMILES string of the molecule is COc1ccc2cc(CNC(=O)CC3(C(=O)O)CCC3)ccc2c1. The van der Waals surface area contributed by atoms with Crippen LogP contribution in [0.4, 0.5) is 0 Å². The van der Waals surface area contributed by atoms with Gasteiger partial charge in [0.15, 0.2) is 0 Å². The van der Waals surface area contributed by atoms with Gasteiger partial charge in [0, 0.05) is 13.0 Å². The van der Waals surface area contributed by atoms with Crippen molar-refractivity contribution >= 4 is 22.6 Å². The van der Waals surface area contributed by atoms with Crippen molar-refractivity contribution in [2.75, 3.05) is 7.11 Å². The number of carbonyl (C=O) groups excluding carboxylic acids is 1. The second kappa shape index (κ2) is 6.51. The van der Waals surface area contributed by atoms with Crippen molar-refractivity contribution in [3.8, 4) is 5.75 Å². The first-order chi connectivity index (χ1) is 11.5. The largest absolute Gasteiger partial charge is 0.497 e. The fourth-order valence-corrected chi connectivity index (χ4v) is 3.15. The van der Waals surface area contributed by atoms with E-state index in [0.717, 1.165) is 28.5 Å². The predicted molar refractivity (Wildman–Crippen MR) is 90.9 cm³/mol. The molecule has 3 rings (SSSR count). The molecule has 2 N–H and O–H groups in total. The van der Waals surface area contributed by atoms with Gasteiger partial charge in [-0.15, -0.1) is 0 Å². The number of nitrogens with one attached hydrogen (secondary N) is 1. The summed E-state index contributed by atoms with van der Waals surface area (Å²) in [5.74, 6) is -0.251. The molecule has 1 fully saturated rings. The topological polar surface area (TPSA) is 75.6 Å². The predicted octanol–water partition coefficient (Wildman–Crippen LogP) is 3.11. The van der Waals surface area contributed by atoms with Gasteiger partial charge in [0.2, 0.25) is 5.91 Å². The van der Waals surface area contributed by atoms with Gasteiger partial charge in [-0.05, 0) is 47.4 Å². The highest BCUT2D eigenvalue weighted by molar-refractivity contribution is 5.86. The van der Waals surface area contributed by atoms with Gasteiger partial charge in [0.25, 0.3) is 0 Å². The monoisotopic (exact) mass is 327 g/mol. The fourth-order valence-electron chi connectivity index (χ4n) is 3.15. The van der Waals surface area contributed by atoms with Crippen molar-refractivity contribution in [2.24, 2.45) is 5.41 Å². The number of benzene rings is 2. The van der Waals surface area contributed by atoms with E-state index in [-0.39, 0.29) is 12.3 Å². The molecular weight excluding hydrogens is 306 g/mol. The molecule has 2 aromatic rings. The maximum atomic E-state index is 12.1. The summed E-state index contributed by atoms with van der Waals surface area (Å²) >= 11 is 0. The zero-order valence-electron chi connectivity index (χ0n) is 13.7. The minimum absolute atomic E-state index is 0.0626. The Bertz CT molecular complexity index is 780. The Morgan fingerprint density at radius 2 is 1.88 bits per heavy atom. The smallest absolute Gasteiger partial charge is 0.310 e. The summed E-state index contributed by atoms with van der Waals surface area (Å²) in [5.41, 5.74) is 0.142. The molecule has 1 amide bonds. The Morgan fingerprint density at radius 1 is 1.17 bits per heavy atom. The molecule has 2 aromatic carbocycles. The summed E-state index contributed by atoms with van der Waals surface area (Å²) < 4.78 is 5.21. The van der Waals surface area contributed by atoms with Crippen LogP contribution in [-0.4, -0.2) is 24.1 Å². The van der Waals surface area contributed by atoms with Gasteiger partial charge in [-0.25, -0.2) is 0 Å². The molecule has 1 aliphatic rings. The Labute approximate surface area is 140 Å². The molecular formula is C19H21NO4. The lowest BCUT2D eigenvalue weighted by Gasteiger charge is -2.36. The highest BCUT2D eigenvalue weighted by atomic mass is 16.5. The molecule has 5 nitrogen and oxygen atoms in total. The standard InChI is InChI=1S/C19H21NO4/c1-24-16-6-5-14-9-13(3-4-15(14)10-16)12-20-17(21)11-19(18(22)23)7-2-8-19/h3-6,9-10H,2,7-8,11-12H2,1H3,(H,20,21)(H,22,23). The van der Waals surface area contributed by atoms with Gasteiger partial charge < -0.3 is 15.2 Å². The molecule has 0 aromatic heterocycles. The van der Waals surface area contributed by atoms with Gasteiger partial charge in [-0.3, -0.25) is 9.59 Å². The number of hydrogen-bond donors (Lipinski definition) is 2. The van der Waals surface area contributed by atoms with Crippen molar-refractivity contribution in [3.05, 3.63) is 42.0 Å². The van der Waals surface area contributed by atoms with E-state index < -0.39 is 11.4 Å². The number of rotatable bonds is 6. The molecule has 0 unspecified atom stereocenters. The quantitative estimate of drug-likeness (QED) is 0.855. The molecule has 0 atom stereocenters. The average molecular weight is 327 g/mol. The summed E-state index contributed by atoms with van der Waals surface area (Å²) in [5, 5.41) is 14.3. The highest BCUT2D eigenvalue weighted by Gasteiger charge is 2.45. The lowest BCUT2D eigenvalue weighted by Crippen LogP contribution is -2.42. The molecule has 0 saturated heterocycles. The lowest BCUT2D eigenvalue weighted by molar-refractivity contribution is -0.157. The first-order valence-corrected chi connectivity index (χ1v) is 8.09. The molecule has 0 heterocycles. The first-order valence-electron chi connectivity index (χ1n) is 8.09. The van der Waals surface area contributed by atoms with E-state index in [1.165, 1.54) is 0 Å². The normalized spacial score (nSPS) is 15.5. The number of amides is 1. The number of ether oxygens (including phenoxy) is 1. The molecule has 24 heavy (non-hydrogen) atoms. The molecule has 1 aliphatic carbocycles. The first kappa shape index (κ1) is 16.3. The number of aliphatic carboxylic acids is 1. The van der Waals surface area contributed by atoms with E-state index in [2.05, 4.69) is 5.32 Å². The highest BCUT2D eigenvalue weighted by Crippen LogP contribution is 2.44. The van der Waals surface area contributed by atoms with Crippen molar-refractivity contribution in [2.45, 2.75) is 32.2 Å². The minimum Gasteiger partial charge on any atom is -0.497 e. The number of carbonyl (C=O) groups is 2. The third-order valence-electron chi connectivity index (χ3n) is 4.86. The Balaban J connectivity index is 1.63. The number of hydrogen-bond acceptors (Lipinski definition) is 3. The number of carboxylic acid groups (broad SMARTS) is 1. The Kier molecular flexibility index (Phi) is 4.42. The van der Waals surface area contributed by atoms with Crippen LogP contribution >= 0.6 is 0 Å². The van der Waals surface area contributed by atoms with E-state index in [1.54, 1.807) is 7.11 Å². The van der Waals surface area contributed by atoms with Crippen molar-refractivity contribution in [1.82, 2.24) is 5.32 Å². The second-order valence-corrected chi connectivity index (χ2v) is 6.44. The number of carboxylic acids is 1. The summed E-state index contributed by atoms with van der Waals surface area (Å²) in [4.78, 5) is 23.4. The van der Waals surface area contributed by atoms with Crippen molar-refractivity contribution in [3.63, 3.8) is 0 Å². The van der Waals surface area contributed by atoms with Crippen LogP contribution in [0.25, 0.3) is 10.8 Å². The van der Waals surface area contributed by atoms with Crippen LogP contribution in [0, 0.1) is 5.41 Å². The summed E-state index contributed by atoms with van der Waals surface area (Å²) in [6, 6.07) is 11.8. The number of methoxy groups -OCH3 is 1. The third kappa shape index (κ3) is 3.20. The van der Waals surface area contributed by atoms with Crippen LogP contribution in [0.2, 0.25) is 0 Å². The second-order valence-electron chi connectivity index (χ2n) is 6.44. The van der Waals surface area contributed by atoms with E-state index in [4.69, 9.17) is 4.74 Å². The summed E-state index contributed by atoms with van der Waals surface area (Å²) in [6.07, 6.45) is 2.13. The zero-order chi connectivity index (χ0) is 17.2. The molecule has 0 spiro atoms. The molecule has 0 radical (unpaired) electrons. The summed E-state index contributed by atoms with van der Waals surface area (Å²) in [6.45, 7) is 0.399. The molecule has 0 bridgehead atoms. The maximum Gasteiger partial charge on any atom is 0.310 e. The molecule has 1 saturated carbocycles. The molecule has 0 aliphatic heterocycles. The van der Waals surface area contributed by atoms with Crippen LogP contribution in [0.15, 0.2) is 36.4 Å². The van der Waals surface area contributed by atoms with Crippen LogP contribution in [0.1, 0.15) is 31.2 Å². The Hall–Kier alpha value is -2.56. The molecule has 126 valence electrons. The third-order valence-corrected chi connectivity index (χ3v) is 4.86. The van der Waals surface area contributed by atoms with Gasteiger partial charge in [0.05, 0.1) is 12.5 Å². The zero-order valence-corrected chi connectivity index (χ0v) is 13.7. The van der Waals surface area contributed by atoms with E-state index >= 15 is 0 Å². The van der Waals surface area contributed by atoms with Crippen LogP contribution < -0.4 is 10.1 Å². The lowest BCUT2D eigenvalue weighted by atomic mass is 9.66. The van der Waals surface area contributed by atoms with Gasteiger partial charge in [0.1, 0.15) is 5.75 Å². The van der Waals surface area contributed by atoms with Crippen LogP contribution in [0.3, 0.4) is 0 Å². The van der Waals surface area contributed by atoms with E-state index in [9.17, 15) is 14.7 Å².